The third-order valence-corrected chi connectivity index (χ3v) is 7.62. The van der Waals surface area contributed by atoms with Crippen LogP contribution in [0.3, 0.4) is 0 Å². The van der Waals surface area contributed by atoms with Crippen molar-refractivity contribution in [1.82, 2.24) is 0 Å². The summed E-state index contributed by atoms with van der Waals surface area (Å²) in [6, 6.07) is 16.5. The molecule has 27 heavy (non-hydrogen) atoms. The topological polar surface area (TPSA) is 52.6 Å². The van der Waals surface area contributed by atoms with Crippen molar-refractivity contribution < 1.29 is 19.1 Å². The molecule has 4 heteroatoms. The van der Waals surface area contributed by atoms with Crippen molar-refractivity contribution in [2.45, 2.75) is 29.8 Å². The fraction of sp³-hybridized carbons (Fsp3) is 0.391. The van der Waals surface area contributed by atoms with Crippen LogP contribution in [0.25, 0.3) is 0 Å². The van der Waals surface area contributed by atoms with E-state index in [0.717, 1.165) is 11.1 Å². The first-order chi connectivity index (χ1) is 13.1. The lowest BCUT2D eigenvalue weighted by atomic mass is 9.42. The van der Waals surface area contributed by atoms with Crippen molar-refractivity contribution in [3.05, 3.63) is 70.8 Å². The van der Waals surface area contributed by atoms with Crippen LogP contribution in [0.2, 0.25) is 0 Å². The second-order valence-corrected chi connectivity index (χ2v) is 8.43. The minimum absolute atomic E-state index is 0.0925. The van der Waals surface area contributed by atoms with E-state index in [4.69, 9.17) is 9.47 Å². The van der Waals surface area contributed by atoms with E-state index < -0.39 is 22.3 Å². The summed E-state index contributed by atoms with van der Waals surface area (Å²) in [5.41, 5.74) is 2.04. The number of hydrogen-bond acceptors (Lipinski definition) is 4. The van der Waals surface area contributed by atoms with Gasteiger partial charge in [-0.3, -0.25) is 9.59 Å². The van der Waals surface area contributed by atoms with Gasteiger partial charge >= 0.3 is 0 Å². The smallest absolute Gasteiger partial charge is 0.194 e. The summed E-state index contributed by atoms with van der Waals surface area (Å²) in [5, 5.41) is 0. The summed E-state index contributed by atoms with van der Waals surface area (Å²) in [6.07, 6.45) is 0.650. The van der Waals surface area contributed by atoms with Gasteiger partial charge in [0.05, 0.1) is 24.5 Å². The molecule has 2 aromatic rings. The molecule has 0 unspecified atom stereocenters. The fourth-order valence-corrected chi connectivity index (χ4v) is 6.59. The molecule has 2 spiro atoms. The summed E-state index contributed by atoms with van der Waals surface area (Å²) < 4.78 is 11.9. The summed E-state index contributed by atoms with van der Waals surface area (Å²) >= 11 is 0. The van der Waals surface area contributed by atoms with Crippen molar-refractivity contribution in [3.63, 3.8) is 0 Å². The highest BCUT2D eigenvalue weighted by molar-refractivity contribution is 6.15. The molecule has 4 nitrogen and oxygen atoms in total. The maximum absolute atomic E-state index is 13.5. The van der Waals surface area contributed by atoms with Gasteiger partial charge in [0.1, 0.15) is 0 Å². The Morgan fingerprint density at radius 2 is 1.44 bits per heavy atom. The van der Waals surface area contributed by atoms with E-state index in [-0.39, 0.29) is 11.6 Å². The van der Waals surface area contributed by atoms with Crippen LogP contribution >= 0.6 is 0 Å². The van der Waals surface area contributed by atoms with Crippen LogP contribution in [-0.4, -0.2) is 37.5 Å². The van der Waals surface area contributed by atoms with Gasteiger partial charge in [0, 0.05) is 25.4 Å². The average Bonchev–Trinajstić information content (AvgIpc) is 3.00. The van der Waals surface area contributed by atoms with E-state index in [1.54, 1.807) is 0 Å². The summed E-state index contributed by atoms with van der Waals surface area (Å²) in [6.45, 7) is 0.936. The summed E-state index contributed by atoms with van der Waals surface area (Å²) in [7, 11) is 1.51. The zero-order chi connectivity index (χ0) is 18.4. The van der Waals surface area contributed by atoms with Crippen molar-refractivity contribution in [2.75, 3.05) is 20.3 Å². The van der Waals surface area contributed by atoms with Gasteiger partial charge in [0.25, 0.3) is 0 Å². The van der Waals surface area contributed by atoms with Crippen molar-refractivity contribution in [1.29, 1.82) is 0 Å². The lowest BCUT2D eigenvalue weighted by molar-refractivity contribution is -0.168. The monoisotopic (exact) mass is 360 g/mol. The number of carbonyl (C=O) groups excluding carboxylic acids is 2. The number of ketones is 2. The molecule has 1 heterocycles. The zero-order valence-electron chi connectivity index (χ0n) is 15.2. The molecule has 1 saturated carbocycles. The van der Waals surface area contributed by atoms with Crippen molar-refractivity contribution >= 4 is 11.6 Å². The van der Waals surface area contributed by atoms with Gasteiger partial charge in [-0.1, -0.05) is 48.5 Å². The third-order valence-electron chi connectivity index (χ3n) is 7.62. The average molecular weight is 360 g/mol. The predicted molar refractivity (Wildman–Crippen MR) is 97.7 cm³/mol. The molecular formula is C23H20O4. The van der Waals surface area contributed by atoms with Crippen LogP contribution in [0, 0.1) is 5.41 Å². The quantitative estimate of drug-likeness (QED) is 0.734. The molecule has 0 atom stereocenters. The molecule has 0 aromatic heterocycles. The Kier molecular flexibility index (Phi) is 2.77. The Hall–Kier alpha value is -2.30. The van der Waals surface area contributed by atoms with Gasteiger partial charge in [-0.2, -0.15) is 0 Å². The highest BCUT2D eigenvalue weighted by atomic mass is 16.5. The van der Waals surface area contributed by atoms with Crippen molar-refractivity contribution in [3.8, 4) is 0 Å². The van der Waals surface area contributed by atoms with E-state index in [2.05, 4.69) is 36.4 Å². The molecule has 136 valence electrons. The molecule has 0 radical (unpaired) electrons. The number of hydrogen-bond donors (Lipinski definition) is 0. The van der Waals surface area contributed by atoms with Crippen LogP contribution in [0.1, 0.15) is 41.0 Å². The van der Waals surface area contributed by atoms with Crippen LogP contribution in [-0.2, 0) is 24.5 Å². The zero-order valence-corrected chi connectivity index (χ0v) is 15.2. The second kappa shape index (κ2) is 4.75. The number of benzene rings is 2. The highest BCUT2D eigenvalue weighted by Crippen LogP contribution is 2.67. The number of ether oxygens (including phenoxy) is 2. The minimum atomic E-state index is -1.44. The normalized spacial score (nSPS) is 38.2. The Bertz CT molecular complexity index is 955. The molecule has 1 saturated heterocycles. The standard InChI is InChI=1S/C23H20O4/c1-26-23-18(24)10-21(11-19(23)25)12-27-13-22(21)16-8-4-2-6-14(16)20(23)15-7-3-5-9-17(15)22/h2-9,20H,10-13H2,1H3. The largest absolute Gasteiger partial charge is 0.379 e. The maximum Gasteiger partial charge on any atom is 0.194 e. The first-order valence-electron chi connectivity index (χ1n) is 9.49. The predicted octanol–water partition coefficient (Wildman–Crippen LogP) is 2.77. The van der Waals surface area contributed by atoms with Crippen LogP contribution in [0.15, 0.2) is 48.5 Å². The lowest BCUT2D eigenvalue weighted by Crippen LogP contribution is -2.67. The van der Waals surface area contributed by atoms with Gasteiger partial charge < -0.3 is 9.47 Å². The van der Waals surface area contributed by atoms with Gasteiger partial charge in [-0.05, 0) is 22.3 Å². The molecule has 0 N–H and O–H groups in total. The number of rotatable bonds is 1. The molecule has 2 fully saturated rings. The fourth-order valence-electron chi connectivity index (χ4n) is 6.59. The summed E-state index contributed by atoms with van der Waals surface area (Å²) in [4.78, 5) is 27.1. The molecule has 1 aliphatic heterocycles. The Morgan fingerprint density at radius 1 is 0.889 bits per heavy atom. The van der Waals surface area contributed by atoms with Crippen LogP contribution < -0.4 is 0 Å². The Labute approximate surface area is 157 Å². The number of methoxy groups -OCH3 is 1. The summed E-state index contributed by atoms with van der Waals surface area (Å²) in [5.74, 6) is -0.588. The second-order valence-electron chi connectivity index (χ2n) is 8.43. The first kappa shape index (κ1) is 15.7. The third kappa shape index (κ3) is 1.45. The lowest BCUT2D eigenvalue weighted by Gasteiger charge is -2.59. The molecule has 4 bridgehead atoms. The van der Waals surface area contributed by atoms with Gasteiger partial charge in [0.2, 0.25) is 0 Å². The Morgan fingerprint density at radius 3 is 2.00 bits per heavy atom. The van der Waals surface area contributed by atoms with Crippen molar-refractivity contribution in [2.24, 2.45) is 5.41 Å². The highest BCUT2D eigenvalue weighted by Gasteiger charge is 2.73. The first-order valence-corrected chi connectivity index (χ1v) is 9.49. The van der Waals surface area contributed by atoms with Gasteiger partial charge in [0.15, 0.2) is 17.2 Å². The van der Waals surface area contributed by atoms with E-state index in [1.807, 2.05) is 12.1 Å². The molecule has 2 aromatic carbocycles. The maximum atomic E-state index is 13.5. The van der Waals surface area contributed by atoms with E-state index in [0.29, 0.717) is 26.1 Å². The van der Waals surface area contributed by atoms with E-state index >= 15 is 0 Å². The van der Waals surface area contributed by atoms with Crippen LogP contribution in [0.5, 0.6) is 0 Å². The van der Waals surface area contributed by atoms with Gasteiger partial charge in [-0.15, -0.1) is 0 Å². The Balaban J connectivity index is 1.86. The number of Topliss-reactive ketones (excluding diaryl/α,β-unsaturated/α-hetero) is 2. The molecule has 6 aliphatic carbocycles. The molecule has 0 amide bonds. The molecule has 7 aliphatic rings. The minimum Gasteiger partial charge on any atom is -0.379 e. The molecular weight excluding hydrogens is 340 g/mol. The SMILES string of the molecule is COC12C(=O)CC3(COCC34c3ccccc3C1c1ccccc14)CC2=O. The van der Waals surface area contributed by atoms with Crippen LogP contribution in [0.4, 0.5) is 0 Å². The van der Waals surface area contributed by atoms with Gasteiger partial charge in [-0.25, -0.2) is 0 Å². The van der Waals surface area contributed by atoms with E-state index in [1.165, 1.54) is 18.2 Å². The number of carbonyl (C=O) groups is 2. The van der Waals surface area contributed by atoms with E-state index in [9.17, 15) is 9.59 Å². The molecule has 9 rings (SSSR count).